The van der Waals surface area contributed by atoms with Crippen molar-refractivity contribution in [2.24, 2.45) is 11.3 Å². The second kappa shape index (κ2) is 5.80. The summed E-state index contributed by atoms with van der Waals surface area (Å²) in [7, 11) is 0. The number of hydrogen-bond donors (Lipinski definition) is 0. The minimum Gasteiger partial charge on any atom is -0.381 e. The molecule has 3 atom stereocenters. The van der Waals surface area contributed by atoms with E-state index in [0.717, 1.165) is 19.8 Å². The van der Waals surface area contributed by atoms with Crippen molar-refractivity contribution >= 4 is 15.9 Å². The predicted molar refractivity (Wildman–Crippen MR) is 76.1 cm³/mol. The van der Waals surface area contributed by atoms with Crippen LogP contribution < -0.4 is 0 Å². The normalized spacial score (nSPS) is 39.5. The van der Waals surface area contributed by atoms with Crippen LogP contribution in [-0.2, 0) is 9.47 Å². The Kier molecular flexibility index (Phi) is 4.32. The lowest BCUT2D eigenvalue weighted by atomic mass is 9.61. The standard InChI is InChI=1S/C15H25BrO2/c16-13-9-14(18-11-12-5-8-17-10-12)15(13)6-3-1-2-4-7-15/h12-14H,1-11H2. The van der Waals surface area contributed by atoms with Gasteiger partial charge in [0.05, 0.1) is 19.3 Å². The molecule has 104 valence electrons. The molecule has 0 aromatic carbocycles. The summed E-state index contributed by atoms with van der Waals surface area (Å²) in [5.41, 5.74) is 0.468. The Morgan fingerprint density at radius 2 is 1.94 bits per heavy atom. The van der Waals surface area contributed by atoms with Crippen LogP contribution in [0.4, 0.5) is 0 Å². The quantitative estimate of drug-likeness (QED) is 0.735. The smallest absolute Gasteiger partial charge is 0.0653 e. The van der Waals surface area contributed by atoms with Crippen LogP contribution in [0.1, 0.15) is 51.4 Å². The Bertz CT molecular complexity index is 268. The van der Waals surface area contributed by atoms with Gasteiger partial charge in [0.2, 0.25) is 0 Å². The summed E-state index contributed by atoms with van der Waals surface area (Å²) < 4.78 is 11.7. The molecule has 0 aromatic rings. The van der Waals surface area contributed by atoms with E-state index < -0.39 is 0 Å². The van der Waals surface area contributed by atoms with E-state index in [1.807, 2.05) is 0 Å². The van der Waals surface area contributed by atoms with Gasteiger partial charge < -0.3 is 9.47 Å². The molecule has 3 rings (SSSR count). The van der Waals surface area contributed by atoms with Gasteiger partial charge in [0.1, 0.15) is 0 Å². The van der Waals surface area contributed by atoms with Gasteiger partial charge in [-0.1, -0.05) is 41.6 Å². The highest BCUT2D eigenvalue weighted by atomic mass is 79.9. The van der Waals surface area contributed by atoms with Crippen molar-refractivity contribution in [1.82, 2.24) is 0 Å². The van der Waals surface area contributed by atoms with Gasteiger partial charge in [0.15, 0.2) is 0 Å². The second-order valence-electron chi connectivity index (χ2n) is 6.40. The van der Waals surface area contributed by atoms with Gasteiger partial charge >= 0.3 is 0 Å². The summed E-state index contributed by atoms with van der Waals surface area (Å²) in [6.45, 7) is 2.77. The molecule has 0 N–H and O–H groups in total. The third kappa shape index (κ3) is 2.51. The van der Waals surface area contributed by atoms with Crippen molar-refractivity contribution in [2.45, 2.75) is 62.3 Å². The maximum Gasteiger partial charge on any atom is 0.0653 e. The molecule has 3 heteroatoms. The van der Waals surface area contributed by atoms with Crippen molar-refractivity contribution in [3.05, 3.63) is 0 Å². The van der Waals surface area contributed by atoms with Crippen molar-refractivity contribution < 1.29 is 9.47 Å². The molecule has 2 saturated carbocycles. The van der Waals surface area contributed by atoms with Gasteiger partial charge in [-0.15, -0.1) is 0 Å². The summed E-state index contributed by atoms with van der Waals surface area (Å²) in [6, 6.07) is 0. The van der Waals surface area contributed by atoms with E-state index in [1.54, 1.807) is 0 Å². The summed E-state index contributed by atoms with van der Waals surface area (Å²) in [4.78, 5) is 0.702. The van der Waals surface area contributed by atoms with Gasteiger partial charge in [0.25, 0.3) is 0 Å². The Morgan fingerprint density at radius 1 is 1.17 bits per heavy atom. The topological polar surface area (TPSA) is 18.5 Å². The highest BCUT2D eigenvalue weighted by Gasteiger charge is 2.54. The summed E-state index contributed by atoms with van der Waals surface area (Å²) in [6.07, 6.45) is 11.3. The Labute approximate surface area is 119 Å². The van der Waals surface area contributed by atoms with Gasteiger partial charge in [-0.05, 0) is 25.7 Å². The molecule has 1 saturated heterocycles. The van der Waals surface area contributed by atoms with E-state index in [2.05, 4.69) is 15.9 Å². The predicted octanol–water partition coefficient (Wildman–Crippen LogP) is 3.92. The third-order valence-corrected chi connectivity index (χ3v) is 6.56. The van der Waals surface area contributed by atoms with Crippen molar-refractivity contribution in [3.8, 4) is 0 Å². The lowest BCUT2D eigenvalue weighted by molar-refractivity contribution is -0.120. The van der Waals surface area contributed by atoms with E-state index in [1.165, 1.54) is 51.4 Å². The van der Waals surface area contributed by atoms with Gasteiger partial charge in [-0.2, -0.15) is 0 Å². The highest BCUT2D eigenvalue weighted by molar-refractivity contribution is 9.09. The van der Waals surface area contributed by atoms with E-state index in [0.29, 0.717) is 22.3 Å². The molecule has 1 heterocycles. The largest absolute Gasteiger partial charge is 0.381 e. The first-order valence-corrected chi connectivity index (χ1v) is 8.56. The zero-order valence-corrected chi connectivity index (χ0v) is 12.8. The van der Waals surface area contributed by atoms with Crippen LogP contribution in [0.25, 0.3) is 0 Å². The molecule has 0 aromatic heterocycles. The van der Waals surface area contributed by atoms with Crippen LogP contribution in [0.5, 0.6) is 0 Å². The Morgan fingerprint density at radius 3 is 2.56 bits per heavy atom. The van der Waals surface area contributed by atoms with Crippen LogP contribution in [0.2, 0.25) is 0 Å². The van der Waals surface area contributed by atoms with Crippen LogP contribution in [0.3, 0.4) is 0 Å². The number of hydrogen-bond acceptors (Lipinski definition) is 2. The molecule has 0 bridgehead atoms. The van der Waals surface area contributed by atoms with E-state index in [-0.39, 0.29) is 0 Å². The Balaban J connectivity index is 1.54. The molecule has 0 amide bonds. The second-order valence-corrected chi connectivity index (χ2v) is 7.51. The molecule has 2 aliphatic carbocycles. The van der Waals surface area contributed by atoms with Gasteiger partial charge in [-0.3, -0.25) is 0 Å². The minimum absolute atomic E-state index is 0.468. The van der Waals surface area contributed by atoms with Crippen molar-refractivity contribution in [2.75, 3.05) is 19.8 Å². The van der Waals surface area contributed by atoms with Gasteiger partial charge in [0, 0.05) is 22.8 Å². The average molecular weight is 317 g/mol. The molecule has 1 aliphatic heterocycles. The highest BCUT2D eigenvalue weighted by Crippen LogP contribution is 2.55. The first kappa shape index (κ1) is 13.4. The maximum absolute atomic E-state index is 6.27. The van der Waals surface area contributed by atoms with E-state index in [4.69, 9.17) is 9.47 Å². The number of alkyl halides is 1. The maximum atomic E-state index is 6.27. The van der Waals surface area contributed by atoms with Crippen LogP contribution >= 0.6 is 15.9 Å². The zero-order valence-electron chi connectivity index (χ0n) is 11.2. The van der Waals surface area contributed by atoms with Crippen molar-refractivity contribution in [3.63, 3.8) is 0 Å². The fourth-order valence-corrected chi connectivity index (χ4v) is 5.01. The number of halogens is 1. The molecule has 0 radical (unpaired) electrons. The monoisotopic (exact) mass is 316 g/mol. The lowest BCUT2D eigenvalue weighted by Gasteiger charge is -2.53. The molecule has 1 spiro atoms. The number of ether oxygens (including phenoxy) is 2. The lowest BCUT2D eigenvalue weighted by Crippen LogP contribution is -2.55. The van der Waals surface area contributed by atoms with E-state index in [9.17, 15) is 0 Å². The van der Waals surface area contributed by atoms with E-state index >= 15 is 0 Å². The molecule has 3 fully saturated rings. The molecule has 3 unspecified atom stereocenters. The summed E-state index contributed by atoms with van der Waals surface area (Å²) in [5.74, 6) is 0.655. The molecular weight excluding hydrogens is 292 g/mol. The third-order valence-electron chi connectivity index (χ3n) is 5.28. The summed E-state index contributed by atoms with van der Waals surface area (Å²) in [5, 5.41) is 0. The minimum atomic E-state index is 0.468. The summed E-state index contributed by atoms with van der Waals surface area (Å²) >= 11 is 3.90. The fourth-order valence-electron chi connectivity index (χ4n) is 3.92. The average Bonchev–Trinajstić information content (AvgIpc) is 2.75. The van der Waals surface area contributed by atoms with Crippen LogP contribution in [0.15, 0.2) is 0 Å². The zero-order chi connectivity index (χ0) is 12.4. The molecule has 18 heavy (non-hydrogen) atoms. The van der Waals surface area contributed by atoms with Crippen LogP contribution in [-0.4, -0.2) is 30.8 Å². The van der Waals surface area contributed by atoms with Crippen molar-refractivity contribution in [1.29, 1.82) is 0 Å². The molecule has 2 nitrogen and oxygen atoms in total. The van der Waals surface area contributed by atoms with Gasteiger partial charge in [-0.25, -0.2) is 0 Å². The molecular formula is C15H25BrO2. The van der Waals surface area contributed by atoms with Crippen LogP contribution in [0, 0.1) is 11.3 Å². The fraction of sp³-hybridized carbons (Fsp3) is 1.00. The SMILES string of the molecule is BrC1CC(OCC2CCOC2)C12CCCCCC2. The first-order chi connectivity index (χ1) is 8.81. The molecule has 3 aliphatic rings. The number of rotatable bonds is 3. The Hall–Kier alpha value is 0.400. The first-order valence-electron chi connectivity index (χ1n) is 7.65.